The molecule has 0 rings (SSSR count). The molecule has 0 aliphatic rings. The first-order valence-electron chi connectivity index (χ1n) is 4.53. The van der Waals surface area contributed by atoms with Gasteiger partial charge in [-0.25, -0.2) is 8.42 Å². The third-order valence-electron chi connectivity index (χ3n) is 1.97. The molecule has 0 amide bonds. The molecule has 0 aromatic carbocycles. The van der Waals surface area contributed by atoms with Gasteiger partial charge >= 0.3 is 0 Å². The van der Waals surface area contributed by atoms with Crippen LogP contribution in [0.4, 0.5) is 0 Å². The maximum Gasteiger partial charge on any atom is 0.232 e. The summed E-state index contributed by atoms with van der Waals surface area (Å²) in [5, 5.41) is 0. The van der Waals surface area contributed by atoms with Crippen molar-refractivity contribution >= 4 is 19.7 Å². The molecule has 0 N–H and O–H groups in total. The summed E-state index contributed by atoms with van der Waals surface area (Å²) in [4.78, 5) is 2.21. The molecule has 0 spiro atoms. The van der Waals surface area contributed by atoms with Crippen molar-refractivity contribution in [1.29, 1.82) is 0 Å². The van der Waals surface area contributed by atoms with Crippen LogP contribution >= 0.6 is 10.7 Å². The van der Waals surface area contributed by atoms with Gasteiger partial charge in [0.15, 0.2) is 0 Å². The molecule has 0 bridgehead atoms. The van der Waals surface area contributed by atoms with Gasteiger partial charge in [-0.2, -0.15) is 0 Å². The molecule has 80 valence electrons. The molecule has 0 radical (unpaired) electrons. The highest BCUT2D eigenvalue weighted by molar-refractivity contribution is 8.13. The summed E-state index contributed by atoms with van der Waals surface area (Å²) in [6, 6.07) is 0.461. The summed E-state index contributed by atoms with van der Waals surface area (Å²) in [5.74, 6) is 0.0672. The van der Waals surface area contributed by atoms with Gasteiger partial charge in [0.2, 0.25) is 9.05 Å². The summed E-state index contributed by atoms with van der Waals surface area (Å²) in [6.07, 6.45) is 0.609. The van der Waals surface area contributed by atoms with Crippen LogP contribution in [-0.2, 0) is 9.05 Å². The summed E-state index contributed by atoms with van der Waals surface area (Å²) in [6.45, 7) is 7.99. The first-order chi connectivity index (χ1) is 5.87. The molecule has 0 saturated heterocycles. The molecule has 0 unspecified atom stereocenters. The van der Waals surface area contributed by atoms with Crippen LogP contribution in [0, 0.1) is 0 Å². The Morgan fingerprint density at radius 2 is 1.92 bits per heavy atom. The normalized spacial score (nSPS) is 12.8. The summed E-state index contributed by atoms with van der Waals surface area (Å²) >= 11 is 0. The lowest BCUT2D eigenvalue weighted by Crippen LogP contribution is -2.32. The largest absolute Gasteiger partial charge is 0.301 e. The van der Waals surface area contributed by atoms with E-state index in [-0.39, 0.29) is 5.75 Å². The van der Waals surface area contributed by atoms with Crippen molar-refractivity contribution in [3.05, 3.63) is 0 Å². The van der Waals surface area contributed by atoms with Gasteiger partial charge in [-0.3, -0.25) is 0 Å². The lowest BCUT2D eigenvalue weighted by atomic mass is 10.3. The van der Waals surface area contributed by atoms with Crippen molar-refractivity contribution in [3.8, 4) is 0 Å². The molecule has 0 atom stereocenters. The molecule has 5 heteroatoms. The minimum absolute atomic E-state index is 0.0672. The van der Waals surface area contributed by atoms with Crippen LogP contribution in [-0.4, -0.2) is 38.2 Å². The van der Waals surface area contributed by atoms with Crippen LogP contribution in [0.1, 0.15) is 27.2 Å². The molecule has 0 aliphatic carbocycles. The van der Waals surface area contributed by atoms with Gasteiger partial charge < -0.3 is 4.90 Å². The minimum Gasteiger partial charge on any atom is -0.301 e. The van der Waals surface area contributed by atoms with Gasteiger partial charge in [0.25, 0.3) is 0 Å². The fourth-order valence-corrected chi connectivity index (χ4v) is 2.02. The van der Waals surface area contributed by atoms with Crippen molar-refractivity contribution in [1.82, 2.24) is 4.90 Å². The van der Waals surface area contributed by atoms with Gasteiger partial charge in [-0.05, 0) is 33.4 Å². The molecule has 0 heterocycles. The van der Waals surface area contributed by atoms with E-state index in [9.17, 15) is 8.42 Å². The van der Waals surface area contributed by atoms with E-state index >= 15 is 0 Å². The van der Waals surface area contributed by atoms with Crippen LogP contribution in [0.2, 0.25) is 0 Å². The Morgan fingerprint density at radius 3 is 2.23 bits per heavy atom. The van der Waals surface area contributed by atoms with Crippen LogP contribution in [0.3, 0.4) is 0 Å². The summed E-state index contributed by atoms with van der Waals surface area (Å²) < 4.78 is 21.2. The van der Waals surface area contributed by atoms with Gasteiger partial charge in [0.05, 0.1) is 5.75 Å². The number of halogens is 1. The number of nitrogens with zero attached hydrogens (tertiary/aromatic N) is 1. The van der Waals surface area contributed by atoms with E-state index in [1.54, 1.807) is 0 Å². The molecular formula is C8H18ClNO2S. The molecule has 0 aromatic rings. The standard InChI is InChI=1S/C8H18ClNO2S/c1-4-10(8(2)3)6-5-7-13(9,11)12/h8H,4-7H2,1-3H3. The number of rotatable bonds is 6. The van der Waals surface area contributed by atoms with Crippen LogP contribution in [0.25, 0.3) is 0 Å². The first-order valence-corrected chi connectivity index (χ1v) is 7.01. The Kier molecular flexibility index (Phi) is 5.92. The molecule has 0 aliphatic heterocycles. The van der Waals surface area contributed by atoms with E-state index in [2.05, 4.69) is 25.7 Å². The molecule has 0 saturated carbocycles. The second kappa shape index (κ2) is 5.83. The zero-order valence-electron chi connectivity index (χ0n) is 8.46. The zero-order valence-corrected chi connectivity index (χ0v) is 10.0. The van der Waals surface area contributed by atoms with Crippen molar-refractivity contribution in [2.75, 3.05) is 18.8 Å². The van der Waals surface area contributed by atoms with E-state index in [4.69, 9.17) is 10.7 Å². The van der Waals surface area contributed by atoms with Gasteiger partial charge in [-0.1, -0.05) is 6.92 Å². The summed E-state index contributed by atoms with van der Waals surface area (Å²) in [5.41, 5.74) is 0. The fraction of sp³-hybridized carbons (Fsp3) is 1.00. The molecule has 0 fully saturated rings. The highest BCUT2D eigenvalue weighted by Crippen LogP contribution is 2.03. The Balaban J connectivity index is 3.74. The van der Waals surface area contributed by atoms with Crippen molar-refractivity contribution in [2.24, 2.45) is 0 Å². The topological polar surface area (TPSA) is 37.4 Å². The van der Waals surface area contributed by atoms with Gasteiger partial charge in [0, 0.05) is 16.7 Å². The Hall–Kier alpha value is 0.200. The van der Waals surface area contributed by atoms with Crippen molar-refractivity contribution in [3.63, 3.8) is 0 Å². The van der Waals surface area contributed by atoms with E-state index in [1.165, 1.54) is 0 Å². The molecule has 13 heavy (non-hydrogen) atoms. The van der Waals surface area contributed by atoms with Crippen molar-refractivity contribution in [2.45, 2.75) is 33.2 Å². The van der Waals surface area contributed by atoms with E-state index in [0.717, 1.165) is 13.1 Å². The Morgan fingerprint density at radius 1 is 1.38 bits per heavy atom. The lowest BCUT2D eigenvalue weighted by Gasteiger charge is -2.24. The van der Waals surface area contributed by atoms with E-state index in [1.807, 2.05) is 0 Å². The molecule has 3 nitrogen and oxygen atoms in total. The van der Waals surface area contributed by atoms with Gasteiger partial charge in [0.1, 0.15) is 0 Å². The smallest absolute Gasteiger partial charge is 0.232 e. The molecular weight excluding hydrogens is 210 g/mol. The van der Waals surface area contributed by atoms with Crippen LogP contribution < -0.4 is 0 Å². The highest BCUT2D eigenvalue weighted by Gasteiger charge is 2.09. The van der Waals surface area contributed by atoms with Crippen LogP contribution in [0.5, 0.6) is 0 Å². The zero-order chi connectivity index (χ0) is 10.5. The van der Waals surface area contributed by atoms with E-state index < -0.39 is 9.05 Å². The quantitative estimate of drug-likeness (QED) is 0.648. The maximum atomic E-state index is 10.6. The maximum absolute atomic E-state index is 10.6. The van der Waals surface area contributed by atoms with Crippen molar-refractivity contribution < 1.29 is 8.42 Å². The fourth-order valence-electron chi connectivity index (χ4n) is 1.22. The monoisotopic (exact) mass is 227 g/mol. The number of hydrogen-bond acceptors (Lipinski definition) is 3. The number of hydrogen-bond donors (Lipinski definition) is 0. The van der Waals surface area contributed by atoms with E-state index in [0.29, 0.717) is 12.5 Å². The second-order valence-electron chi connectivity index (χ2n) is 3.32. The SMILES string of the molecule is CCN(CCCS(=O)(=O)Cl)C(C)C. The predicted molar refractivity (Wildman–Crippen MR) is 56.6 cm³/mol. The predicted octanol–water partition coefficient (Wildman–Crippen LogP) is 1.68. The first kappa shape index (κ1) is 13.2. The van der Waals surface area contributed by atoms with Gasteiger partial charge in [-0.15, -0.1) is 0 Å². The Labute approximate surface area is 85.5 Å². The average Bonchev–Trinajstić information content (AvgIpc) is 1.95. The summed E-state index contributed by atoms with van der Waals surface area (Å²) in [7, 11) is 1.78. The highest BCUT2D eigenvalue weighted by atomic mass is 35.7. The van der Waals surface area contributed by atoms with Crippen LogP contribution in [0.15, 0.2) is 0 Å². The Bertz CT molecular complexity index is 226. The second-order valence-corrected chi connectivity index (χ2v) is 6.22. The average molecular weight is 228 g/mol. The third-order valence-corrected chi connectivity index (χ3v) is 3.21. The third kappa shape index (κ3) is 7.28. The minimum atomic E-state index is -3.31. The molecule has 0 aromatic heterocycles. The lowest BCUT2D eigenvalue weighted by molar-refractivity contribution is 0.234.